The standard InChI is InChI=1S/C22H17NO5/c1-23-17-7-4-3-6-15(17)16(21(23)24)12-14-9-10-18(20(13-14)26-2)28-22(25)19-8-5-11-27-19/h3-13H,1-2H3/b16-12+. The maximum absolute atomic E-state index is 12.6. The third kappa shape index (κ3) is 3.05. The van der Waals surface area contributed by atoms with E-state index >= 15 is 0 Å². The first kappa shape index (κ1) is 17.6. The normalized spacial score (nSPS) is 14.3. The maximum atomic E-state index is 12.6. The smallest absolute Gasteiger partial charge is 0.379 e. The lowest BCUT2D eigenvalue weighted by molar-refractivity contribution is -0.112. The molecule has 140 valence electrons. The average molecular weight is 375 g/mol. The first-order chi connectivity index (χ1) is 13.6. The van der Waals surface area contributed by atoms with Gasteiger partial charge in [-0.25, -0.2) is 4.79 Å². The third-order valence-corrected chi connectivity index (χ3v) is 4.51. The van der Waals surface area contributed by atoms with E-state index in [0.717, 1.165) is 16.8 Å². The van der Waals surface area contributed by atoms with E-state index in [9.17, 15) is 9.59 Å². The molecule has 6 heteroatoms. The minimum Gasteiger partial charge on any atom is -0.493 e. The summed E-state index contributed by atoms with van der Waals surface area (Å²) in [5.41, 5.74) is 3.10. The predicted octanol–water partition coefficient (Wildman–Crippen LogP) is 4.02. The molecule has 0 radical (unpaired) electrons. The molecule has 0 saturated carbocycles. The molecule has 4 rings (SSSR count). The van der Waals surface area contributed by atoms with Gasteiger partial charge in [-0.15, -0.1) is 0 Å². The lowest BCUT2D eigenvalue weighted by Crippen LogP contribution is -2.20. The Morgan fingerprint density at radius 1 is 1.07 bits per heavy atom. The molecular weight excluding hydrogens is 358 g/mol. The molecule has 2 heterocycles. The molecule has 0 fully saturated rings. The number of carbonyl (C=O) groups is 2. The quantitative estimate of drug-likeness (QED) is 0.391. The van der Waals surface area contributed by atoms with Crippen molar-refractivity contribution in [3.63, 3.8) is 0 Å². The zero-order valence-electron chi connectivity index (χ0n) is 15.3. The summed E-state index contributed by atoms with van der Waals surface area (Å²) in [4.78, 5) is 26.3. The fourth-order valence-electron chi connectivity index (χ4n) is 3.11. The fraction of sp³-hybridized carbons (Fsp3) is 0.0909. The van der Waals surface area contributed by atoms with Gasteiger partial charge in [-0.05, 0) is 42.0 Å². The highest BCUT2D eigenvalue weighted by atomic mass is 16.6. The van der Waals surface area contributed by atoms with Crippen molar-refractivity contribution in [2.75, 3.05) is 19.1 Å². The van der Waals surface area contributed by atoms with Crippen molar-refractivity contribution in [3.05, 3.63) is 77.7 Å². The Hall–Kier alpha value is -3.80. The van der Waals surface area contributed by atoms with Gasteiger partial charge in [-0.3, -0.25) is 4.79 Å². The minimum atomic E-state index is -0.615. The number of furan rings is 1. The van der Waals surface area contributed by atoms with Crippen molar-refractivity contribution in [1.82, 2.24) is 0 Å². The number of hydrogen-bond acceptors (Lipinski definition) is 5. The van der Waals surface area contributed by atoms with Crippen LogP contribution in [-0.2, 0) is 4.79 Å². The van der Waals surface area contributed by atoms with E-state index in [1.165, 1.54) is 19.4 Å². The Balaban J connectivity index is 1.66. The van der Waals surface area contributed by atoms with Gasteiger partial charge in [0.05, 0.1) is 19.1 Å². The molecule has 6 nitrogen and oxygen atoms in total. The average Bonchev–Trinajstić information content (AvgIpc) is 3.33. The van der Waals surface area contributed by atoms with Crippen molar-refractivity contribution in [2.24, 2.45) is 0 Å². The van der Waals surface area contributed by atoms with Crippen LogP contribution in [0.2, 0.25) is 0 Å². The van der Waals surface area contributed by atoms with Crippen LogP contribution in [0.5, 0.6) is 11.5 Å². The van der Waals surface area contributed by atoms with Crippen molar-refractivity contribution in [2.45, 2.75) is 0 Å². The van der Waals surface area contributed by atoms with Crippen LogP contribution in [-0.4, -0.2) is 26.0 Å². The Bertz CT molecular complexity index is 1080. The number of rotatable bonds is 4. The van der Waals surface area contributed by atoms with Crippen LogP contribution in [0.3, 0.4) is 0 Å². The van der Waals surface area contributed by atoms with Gasteiger partial charge in [0.25, 0.3) is 5.91 Å². The Kier molecular flexibility index (Phi) is 4.45. The van der Waals surface area contributed by atoms with Crippen LogP contribution in [0.4, 0.5) is 5.69 Å². The maximum Gasteiger partial charge on any atom is 0.379 e. The largest absolute Gasteiger partial charge is 0.493 e. The SMILES string of the molecule is COc1cc(/C=C2/C(=O)N(C)c3ccccc32)ccc1OC(=O)c1ccco1. The molecule has 0 bridgehead atoms. The van der Waals surface area contributed by atoms with Gasteiger partial charge in [-0.1, -0.05) is 24.3 Å². The molecular formula is C22H17NO5. The highest BCUT2D eigenvalue weighted by Gasteiger charge is 2.29. The molecule has 1 amide bonds. The van der Waals surface area contributed by atoms with Crippen molar-refractivity contribution < 1.29 is 23.5 Å². The minimum absolute atomic E-state index is 0.0755. The van der Waals surface area contributed by atoms with Gasteiger partial charge in [0, 0.05) is 18.2 Å². The Labute approximate surface area is 161 Å². The second kappa shape index (κ2) is 7.08. The van der Waals surface area contributed by atoms with Crippen LogP contribution >= 0.6 is 0 Å². The summed E-state index contributed by atoms with van der Waals surface area (Å²) in [6, 6.07) is 15.9. The van der Waals surface area contributed by atoms with E-state index in [1.807, 2.05) is 24.3 Å². The highest BCUT2D eigenvalue weighted by Crippen LogP contribution is 2.37. The zero-order chi connectivity index (χ0) is 19.7. The zero-order valence-corrected chi connectivity index (χ0v) is 15.3. The van der Waals surface area contributed by atoms with Gasteiger partial charge in [0.1, 0.15) is 0 Å². The molecule has 0 unspecified atom stereocenters. The van der Waals surface area contributed by atoms with Crippen molar-refractivity contribution >= 4 is 29.2 Å². The number of likely N-dealkylation sites (N-methyl/N-ethyl adjacent to an activating group) is 1. The fourth-order valence-corrected chi connectivity index (χ4v) is 3.11. The number of ether oxygens (including phenoxy) is 2. The monoisotopic (exact) mass is 375 g/mol. The molecule has 0 spiro atoms. The number of esters is 1. The van der Waals surface area contributed by atoms with Crippen molar-refractivity contribution in [1.29, 1.82) is 0 Å². The molecule has 1 aliphatic rings. The lowest BCUT2D eigenvalue weighted by Gasteiger charge is -2.09. The van der Waals surface area contributed by atoms with Crippen LogP contribution in [0.1, 0.15) is 21.7 Å². The second-order valence-electron chi connectivity index (χ2n) is 6.22. The van der Waals surface area contributed by atoms with E-state index in [-0.39, 0.29) is 17.4 Å². The topological polar surface area (TPSA) is 69.0 Å². The summed E-state index contributed by atoms with van der Waals surface area (Å²) >= 11 is 0. The summed E-state index contributed by atoms with van der Waals surface area (Å²) in [5.74, 6) is 0.0523. The number of fused-ring (bicyclic) bond motifs is 1. The highest BCUT2D eigenvalue weighted by molar-refractivity contribution is 6.35. The number of benzene rings is 2. The molecule has 0 atom stereocenters. The molecule has 2 aromatic carbocycles. The Morgan fingerprint density at radius 3 is 2.64 bits per heavy atom. The van der Waals surface area contributed by atoms with Gasteiger partial charge in [0.15, 0.2) is 11.5 Å². The van der Waals surface area contributed by atoms with Crippen molar-refractivity contribution in [3.8, 4) is 11.5 Å². The summed E-state index contributed by atoms with van der Waals surface area (Å²) < 4.78 is 15.7. The van der Waals surface area contributed by atoms with E-state index in [2.05, 4.69) is 0 Å². The Morgan fingerprint density at radius 2 is 1.89 bits per heavy atom. The number of amides is 1. The molecule has 0 aliphatic carbocycles. The summed E-state index contributed by atoms with van der Waals surface area (Å²) in [7, 11) is 3.24. The number of anilines is 1. The predicted molar refractivity (Wildman–Crippen MR) is 104 cm³/mol. The second-order valence-corrected chi connectivity index (χ2v) is 6.22. The molecule has 1 aliphatic heterocycles. The lowest BCUT2D eigenvalue weighted by atomic mass is 10.0. The summed E-state index contributed by atoms with van der Waals surface area (Å²) in [5, 5.41) is 0. The van der Waals surface area contributed by atoms with Crippen LogP contribution in [0, 0.1) is 0 Å². The number of carbonyl (C=O) groups excluding carboxylic acids is 2. The van der Waals surface area contributed by atoms with E-state index in [4.69, 9.17) is 13.9 Å². The first-order valence-electron chi connectivity index (χ1n) is 8.61. The molecule has 3 aromatic rings. The van der Waals surface area contributed by atoms with Crippen LogP contribution in [0.25, 0.3) is 11.6 Å². The van der Waals surface area contributed by atoms with E-state index in [1.54, 1.807) is 42.3 Å². The van der Waals surface area contributed by atoms with Gasteiger partial charge in [0.2, 0.25) is 5.76 Å². The number of para-hydroxylation sites is 1. The summed E-state index contributed by atoms with van der Waals surface area (Å²) in [6.45, 7) is 0. The van der Waals surface area contributed by atoms with E-state index < -0.39 is 5.97 Å². The van der Waals surface area contributed by atoms with Gasteiger partial charge >= 0.3 is 5.97 Å². The third-order valence-electron chi connectivity index (χ3n) is 4.51. The van der Waals surface area contributed by atoms with E-state index in [0.29, 0.717) is 11.3 Å². The van der Waals surface area contributed by atoms with Gasteiger partial charge < -0.3 is 18.8 Å². The van der Waals surface area contributed by atoms with Crippen LogP contribution < -0.4 is 14.4 Å². The molecule has 0 N–H and O–H groups in total. The summed E-state index contributed by atoms with van der Waals surface area (Å²) in [6.07, 6.45) is 3.20. The molecule has 1 aromatic heterocycles. The molecule has 28 heavy (non-hydrogen) atoms. The number of hydrogen-bond donors (Lipinski definition) is 0. The first-order valence-corrected chi connectivity index (χ1v) is 8.61. The number of nitrogens with zero attached hydrogens (tertiary/aromatic N) is 1. The van der Waals surface area contributed by atoms with Gasteiger partial charge in [-0.2, -0.15) is 0 Å². The number of methoxy groups -OCH3 is 1. The van der Waals surface area contributed by atoms with Crippen LogP contribution in [0.15, 0.2) is 65.3 Å². The molecule has 0 saturated heterocycles.